The summed E-state index contributed by atoms with van der Waals surface area (Å²) in [5, 5.41) is 0. The number of nitrogens with zero attached hydrogens (tertiary/aromatic N) is 2. The lowest BCUT2D eigenvalue weighted by molar-refractivity contribution is -0.141. The lowest BCUT2D eigenvalue weighted by Gasteiger charge is -2.50. The molecule has 0 radical (unpaired) electrons. The highest BCUT2D eigenvalue weighted by Gasteiger charge is 2.45. The van der Waals surface area contributed by atoms with Gasteiger partial charge in [0.2, 0.25) is 15.9 Å². The van der Waals surface area contributed by atoms with Crippen molar-refractivity contribution in [2.75, 3.05) is 20.1 Å². The van der Waals surface area contributed by atoms with Gasteiger partial charge in [0.05, 0.1) is 10.4 Å². The predicted octanol–water partition coefficient (Wildman–Crippen LogP) is 1.85. The Morgan fingerprint density at radius 2 is 1.77 bits per heavy atom. The van der Waals surface area contributed by atoms with E-state index in [1.165, 1.54) is 0 Å². The molecule has 1 spiro atoms. The van der Waals surface area contributed by atoms with E-state index in [0.29, 0.717) is 24.4 Å². The third-order valence-electron chi connectivity index (χ3n) is 5.02. The van der Waals surface area contributed by atoms with E-state index in [-0.39, 0.29) is 11.4 Å². The number of hydrogen-bond acceptors (Lipinski definition) is 3. The van der Waals surface area contributed by atoms with E-state index >= 15 is 0 Å². The van der Waals surface area contributed by atoms with Gasteiger partial charge in [-0.05, 0) is 37.8 Å². The Kier molecular flexibility index (Phi) is 3.99. The fourth-order valence-corrected chi connectivity index (χ4v) is 5.24. The third-order valence-corrected chi connectivity index (χ3v) is 6.88. The van der Waals surface area contributed by atoms with Crippen molar-refractivity contribution in [2.24, 2.45) is 0 Å². The Hall–Kier alpha value is -1.40. The van der Waals surface area contributed by atoms with Crippen LogP contribution < -0.4 is 0 Å². The maximum absolute atomic E-state index is 12.8. The van der Waals surface area contributed by atoms with Crippen molar-refractivity contribution in [2.45, 2.75) is 42.5 Å². The molecule has 2 aliphatic heterocycles. The van der Waals surface area contributed by atoms with Crippen molar-refractivity contribution in [3.63, 3.8) is 0 Å². The van der Waals surface area contributed by atoms with Crippen molar-refractivity contribution in [3.05, 3.63) is 30.3 Å². The van der Waals surface area contributed by atoms with Gasteiger partial charge < -0.3 is 4.90 Å². The van der Waals surface area contributed by atoms with Crippen LogP contribution >= 0.6 is 0 Å². The number of likely N-dealkylation sites (tertiary alicyclic amines) is 1. The van der Waals surface area contributed by atoms with Crippen molar-refractivity contribution < 1.29 is 13.2 Å². The van der Waals surface area contributed by atoms with Gasteiger partial charge in [-0.2, -0.15) is 4.31 Å². The van der Waals surface area contributed by atoms with Crippen molar-refractivity contribution in [3.8, 4) is 0 Å². The first-order valence-corrected chi connectivity index (χ1v) is 9.22. The van der Waals surface area contributed by atoms with E-state index in [4.69, 9.17) is 0 Å². The molecule has 120 valence electrons. The Bertz CT molecular complexity index is 655. The summed E-state index contributed by atoms with van der Waals surface area (Å²) < 4.78 is 27.2. The minimum absolute atomic E-state index is 0.130. The quantitative estimate of drug-likeness (QED) is 0.835. The molecule has 1 aromatic carbocycles. The molecule has 0 aromatic heterocycles. The van der Waals surface area contributed by atoms with E-state index < -0.39 is 10.0 Å². The zero-order valence-corrected chi connectivity index (χ0v) is 13.7. The lowest BCUT2D eigenvalue weighted by Crippen LogP contribution is -2.61. The molecule has 2 heterocycles. The van der Waals surface area contributed by atoms with Gasteiger partial charge in [-0.15, -0.1) is 0 Å². The molecule has 1 unspecified atom stereocenters. The number of amides is 1. The van der Waals surface area contributed by atoms with E-state index in [0.717, 1.165) is 25.7 Å². The van der Waals surface area contributed by atoms with Gasteiger partial charge in [0.25, 0.3) is 0 Å². The second-order valence-corrected chi connectivity index (χ2v) is 8.22. The summed E-state index contributed by atoms with van der Waals surface area (Å²) in [5.41, 5.74) is -0.324. The maximum Gasteiger partial charge on any atom is 0.243 e. The summed E-state index contributed by atoms with van der Waals surface area (Å²) in [6.07, 6.45) is 3.99. The molecule has 2 saturated heterocycles. The number of piperidine rings is 2. The van der Waals surface area contributed by atoms with Gasteiger partial charge in [0, 0.05) is 26.6 Å². The monoisotopic (exact) mass is 322 g/mol. The molecule has 0 N–H and O–H groups in total. The van der Waals surface area contributed by atoms with Gasteiger partial charge >= 0.3 is 0 Å². The number of hydrogen-bond donors (Lipinski definition) is 0. The first kappa shape index (κ1) is 15.5. The van der Waals surface area contributed by atoms with Crippen LogP contribution in [0.15, 0.2) is 35.2 Å². The number of likely N-dealkylation sites (N-methyl/N-ethyl adjacent to an activating group) is 1. The zero-order chi connectivity index (χ0) is 15.8. The number of sulfonamides is 1. The highest BCUT2D eigenvalue weighted by atomic mass is 32.2. The summed E-state index contributed by atoms with van der Waals surface area (Å²) in [6.45, 7) is 0.938. The number of carbonyl (C=O) groups excluding carboxylic acids is 1. The molecule has 22 heavy (non-hydrogen) atoms. The molecular weight excluding hydrogens is 300 g/mol. The second-order valence-electron chi connectivity index (χ2n) is 6.29. The van der Waals surface area contributed by atoms with Crippen LogP contribution in [0.5, 0.6) is 0 Å². The van der Waals surface area contributed by atoms with Crippen LogP contribution in [-0.4, -0.2) is 49.2 Å². The summed E-state index contributed by atoms with van der Waals surface area (Å²) in [6, 6.07) is 8.55. The number of benzene rings is 1. The van der Waals surface area contributed by atoms with Crippen LogP contribution in [0.25, 0.3) is 0 Å². The normalized spacial score (nSPS) is 27.3. The average molecular weight is 322 g/mol. The van der Waals surface area contributed by atoms with E-state index in [2.05, 4.69) is 0 Å². The lowest BCUT2D eigenvalue weighted by atomic mass is 9.81. The van der Waals surface area contributed by atoms with Gasteiger partial charge in [-0.3, -0.25) is 4.79 Å². The molecule has 1 amide bonds. The zero-order valence-electron chi connectivity index (χ0n) is 12.9. The molecule has 0 aliphatic carbocycles. The summed E-state index contributed by atoms with van der Waals surface area (Å²) >= 11 is 0. The van der Waals surface area contributed by atoms with Crippen LogP contribution in [0.1, 0.15) is 32.1 Å². The molecule has 6 heteroatoms. The Morgan fingerprint density at radius 3 is 2.50 bits per heavy atom. The Morgan fingerprint density at radius 1 is 1.09 bits per heavy atom. The average Bonchev–Trinajstić information content (AvgIpc) is 2.54. The third kappa shape index (κ3) is 2.54. The largest absolute Gasteiger partial charge is 0.339 e. The Balaban J connectivity index is 1.89. The highest BCUT2D eigenvalue weighted by molar-refractivity contribution is 7.89. The topological polar surface area (TPSA) is 57.7 Å². The molecule has 0 bridgehead atoms. The summed E-state index contributed by atoms with van der Waals surface area (Å²) in [4.78, 5) is 14.2. The minimum atomic E-state index is -3.48. The second kappa shape index (κ2) is 5.66. The Labute approximate surface area is 132 Å². The standard InChI is InChI=1S/C16H22N2O3S/c1-17-15(19)9-5-10-16(17)11-6-12-18(13-16)22(20,21)14-7-3-2-4-8-14/h2-4,7-8H,5-6,9-13H2,1H3. The van der Waals surface area contributed by atoms with Crippen molar-refractivity contribution >= 4 is 15.9 Å². The van der Waals surface area contributed by atoms with E-state index in [1.54, 1.807) is 33.5 Å². The number of carbonyl (C=O) groups is 1. The first-order chi connectivity index (χ1) is 10.5. The summed E-state index contributed by atoms with van der Waals surface area (Å²) in [5.74, 6) is 0.130. The predicted molar refractivity (Wildman–Crippen MR) is 83.8 cm³/mol. The first-order valence-electron chi connectivity index (χ1n) is 7.78. The summed E-state index contributed by atoms with van der Waals surface area (Å²) in [7, 11) is -1.66. The van der Waals surface area contributed by atoms with Crippen molar-refractivity contribution in [1.82, 2.24) is 9.21 Å². The van der Waals surface area contributed by atoms with Crippen LogP contribution in [0, 0.1) is 0 Å². The highest BCUT2D eigenvalue weighted by Crippen LogP contribution is 2.37. The molecule has 2 fully saturated rings. The SMILES string of the molecule is CN1C(=O)CCCC12CCCN(S(=O)(=O)c1ccccc1)C2. The molecular formula is C16H22N2O3S. The van der Waals surface area contributed by atoms with Gasteiger partial charge in [0.15, 0.2) is 0 Å². The van der Waals surface area contributed by atoms with Crippen LogP contribution in [0.4, 0.5) is 0 Å². The minimum Gasteiger partial charge on any atom is -0.339 e. The fourth-order valence-electron chi connectivity index (χ4n) is 3.66. The van der Waals surface area contributed by atoms with Crippen LogP contribution in [0.2, 0.25) is 0 Å². The maximum atomic E-state index is 12.8. The van der Waals surface area contributed by atoms with Gasteiger partial charge in [-0.25, -0.2) is 8.42 Å². The molecule has 2 aliphatic rings. The van der Waals surface area contributed by atoms with Crippen LogP contribution in [-0.2, 0) is 14.8 Å². The van der Waals surface area contributed by atoms with Crippen LogP contribution in [0.3, 0.4) is 0 Å². The number of rotatable bonds is 2. The van der Waals surface area contributed by atoms with E-state index in [1.807, 2.05) is 13.1 Å². The molecule has 0 saturated carbocycles. The van der Waals surface area contributed by atoms with Gasteiger partial charge in [-0.1, -0.05) is 18.2 Å². The fraction of sp³-hybridized carbons (Fsp3) is 0.562. The van der Waals surface area contributed by atoms with Gasteiger partial charge in [0.1, 0.15) is 0 Å². The molecule has 1 atom stereocenters. The smallest absolute Gasteiger partial charge is 0.243 e. The molecule has 5 nitrogen and oxygen atoms in total. The van der Waals surface area contributed by atoms with E-state index in [9.17, 15) is 13.2 Å². The molecule has 1 aromatic rings. The van der Waals surface area contributed by atoms with Crippen molar-refractivity contribution in [1.29, 1.82) is 0 Å². The molecule has 3 rings (SSSR count).